The van der Waals surface area contributed by atoms with Gasteiger partial charge in [-0.1, -0.05) is 42.5 Å². The van der Waals surface area contributed by atoms with Crippen LogP contribution in [0.25, 0.3) is 21.2 Å². The number of rotatable bonds is 4. The summed E-state index contributed by atoms with van der Waals surface area (Å²) in [6.45, 7) is 0.903. The minimum atomic E-state index is 0.736. The lowest BCUT2D eigenvalue weighted by Gasteiger charge is -2.03. The second kappa shape index (κ2) is 5.00. The average molecular weight is 280 g/mol. The molecule has 0 atom stereocenters. The molecule has 1 fully saturated rings. The van der Waals surface area contributed by atoms with E-state index >= 15 is 0 Å². The Balaban J connectivity index is 1.67. The molecule has 1 saturated carbocycles. The van der Waals surface area contributed by atoms with E-state index in [1.165, 1.54) is 39.1 Å². The first-order valence-corrected chi connectivity index (χ1v) is 7.88. The Morgan fingerprint density at radius 3 is 2.85 bits per heavy atom. The molecule has 100 valence electrons. The van der Waals surface area contributed by atoms with E-state index in [-0.39, 0.29) is 0 Å². The molecule has 0 radical (unpaired) electrons. The molecule has 1 heterocycles. The summed E-state index contributed by atoms with van der Waals surface area (Å²) < 4.78 is 0. The molecular formula is C17H16N2S. The van der Waals surface area contributed by atoms with Crippen LogP contribution >= 0.6 is 11.3 Å². The third kappa shape index (κ3) is 2.35. The van der Waals surface area contributed by atoms with Crippen molar-refractivity contribution in [3.63, 3.8) is 0 Å². The number of nitrogens with one attached hydrogen (secondary N) is 1. The molecule has 1 aromatic heterocycles. The Hall–Kier alpha value is -1.71. The first-order chi connectivity index (χ1) is 9.90. The van der Waals surface area contributed by atoms with Gasteiger partial charge in [0, 0.05) is 24.3 Å². The fraction of sp³-hybridized carbons (Fsp3) is 0.235. The number of thiazole rings is 1. The Kier molecular flexibility index (Phi) is 3.02. The highest BCUT2D eigenvalue weighted by atomic mass is 32.1. The molecular weight excluding hydrogens is 264 g/mol. The fourth-order valence-electron chi connectivity index (χ4n) is 2.48. The summed E-state index contributed by atoms with van der Waals surface area (Å²) in [5, 5.41) is 7.30. The van der Waals surface area contributed by atoms with E-state index in [0.717, 1.165) is 12.6 Å². The summed E-state index contributed by atoms with van der Waals surface area (Å²) >= 11 is 1.80. The third-order valence-corrected chi connectivity index (χ3v) is 4.76. The van der Waals surface area contributed by atoms with E-state index in [1.54, 1.807) is 11.3 Å². The van der Waals surface area contributed by atoms with Gasteiger partial charge in [0.25, 0.3) is 0 Å². The van der Waals surface area contributed by atoms with Gasteiger partial charge in [-0.3, -0.25) is 0 Å². The lowest BCUT2D eigenvalue weighted by molar-refractivity contribution is 0.684. The number of fused-ring (bicyclic) bond motifs is 1. The van der Waals surface area contributed by atoms with Crippen LogP contribution in [0.2, 0.25) is 0 Å². The van der Waals surface area contributed by atoms with E-state index in [1.807, 2.05) is 6.20 Å². The Labute approximate surface area is 122 Å². The highest BCUT2D eigenvalue weighted by Crippen LogP contribution is 2.32. The van der Waals surface area contributed by atoms with Crippen molar-refractivity contribution in [2.75, 3.05) is 0 Å². The van der Waals surface area contributed by atoms with Gasteiger partial charge >= 0.3 is 0 Å². The van der Waals surface area contributed by atoms with Crippen molar-refractivity contribution in [3.05, 3.63) is 53.7 Å². The number of nitrogens with zero attached hydrogens (tertiary/aromatic N) is 1. The molecule has 3 heteroatoms. The number of hydrogen-bond donors (Lipinski definition) is 1. The number of benzene rings is 2. The summed E-state index contributed by atoms with van der Waals surface area (Å²) in [6.07, 6.45) is 4.65. The van der Waals surface area contributed by atoms with Crippen LogP contribution in [0.5, 0.6) is 0 Å². The normalized spacial score (nSPS) is 14.8. The van der Waals surface area contributed by atoms with E-state index < -0.39 is 0 Å². The van der Waals surface area contributed by atoms with Crippen molar-refractivity contribution in [2.24, 2.45) is 0 Å². The van der Waals surface area contributed by atoms with Gasteiger partial charge in [-0.25, -0.2) is 4.98 Å². The molecule has 2 nitrogen and oxygen atoms in total. The monoisotopic (exact) mass is 280 g/mol. The van der Waals surface area contributed by atoms with Crippen LogP contribution < -0.4 is 5.32 Å². The molecule has 1 aliphatic rings. The fourth-order valence-corrected chi connectivity index (χ4v) is 3.38. The highest BCUT2D eigenvalue weighted by molar-refractivity contribution is 7.15. The molecule has 0 amide bonds. The van der Waals surface area contributed by atoms with Gasteiger partial charge in [-0.15, -0.1) is 11.3 Å². The van der Waals surface area contributed by atoms with Crippen LogP contribution in [0.4, 0.5) is 0 Å². The zero-order chi connectivity index (χ0) is 13.4. The zero-order valence-corrected chi connectivity index (χ0v) is 12.0. The second-order valence-electron chi connectivity index (χ2n) is 5.30. The molecule has 20 heavy (non-hydrogen) atoms. The molecule has 1 N–H and O–H groups in total. The van der Waals surface area contributed by atoms with Gasteiger partial charge in [0.05, 0.1) is 4.88 Å². The third-order valence-electron chi connectivity index (χ3n) is 3.73. The summed E-state index contributed by atoms with van der Waals surface area (Å²) in [7, 11) is 0. The molecule has 0 spiro atoms. The Morgan fingerprint density at radius 1 is 1.10 bits per heavy atom. The van der Waals surface area contributed by atoms with Crippen molar-refractivity contribution in [2.45, 2.75) is 25.4 Å². The molecule has 1 aliphatic carbocycles. The maximum absolute atomic E-state index is 4.56. The van der Waals surface area contributed by atoms with Crippen LogP contribution in [0, 0.1) is 0 Å². The van der Waals surface area contributed by atoms with Gasteiger partial charge in [-0.2, -0.15) is 0 Å². The largest absolute Gasteiger partial charge is 0.308 e. The van der Waals surface area contributed by atoms with Crippen molar-refractivity contribution in [1.82, 2.24) is 10.3 Å². The molecule has 0 aliphatic heterocycles. The van der Waals surface area contributed by atoms with Gasteiger partial charge in [-0.05, 0) is 23.6 Å². The minimum absolute atomic E-state index is 0.736. The van der Waals surface area contributed by atoms with Gasteiger partial charge in [0.1, 0.15) is 5.01 Å². The van der Waals surface area contributed by atoms with Crippen molar-refractivity contribution >= 4 is 22.1 Å². The standard InChI is InChI=1S/C17H16N2S/c1-2-6-14-12(4-1)5-3-7-15(14)16-10-19-17(20-16)11-18-13-8-9-13/h1-7,10,13,18H,8-9,11H2. The lowest BCUT2D eigenvalue weighted by atomic mass is 10.0. The maximum atomic E-state index is 4.56. The Morgan fingerprint density at radius 2 is 1.95 bits per heavy atom. The molecule has 0 saturated heterocycles. The topological polar surface area (TPSA) is 24.9 Å². The smallest absolute Gasteiger partial charge is 0.107 e. The van der Waals surface area contributed by atoms with Crippen LogP contribution in [0.1, 0.15) is 17.8 Å². The van der Waals surface area contributed by atoms with Gasteiger partial charge < -0.3 is 5.32 Å². The first-order valence-electron chi connectivity index (χ1n) is 7.06. The van der Waals surface area contributed by atoms with E-state index in [4.69, 9.17) is 0 Å². The second-order valence-corrected chi connectivity index (χ2v) is 6.42. The minimum Gasteiger partial charge on any atom is -0.308 e. The summed E-state index contributed by atoms with van der Waals surface area (Å²) in [4.78, 5) is 5.81. The molecule has 4 rings (SSSR count). The summed E-state index contributed by atoms with van der Waals surface area (Å²) in [6, 6.07) is 15.7. The predicted molar refractivity (Wildman–Crippen MR) is 84.9 cm³/mol. The molecule has 3 aromatic rings. The molecule has 0 unspecified atom stereocenters. The number of hydrogen-bond acceptors (Lipinski definition) is 3. The van der Waals surface area contributed by atoms with Crippen molar-refractivity contribution in [1.29, 1.82) is 0 Å². The van der Waals surface area contributed by atoms with Crippen LogP contribution in [-0.2, 0) is 6.54 Å². The summed E-state index contributed by atoms with van der Waals surface area (Å²) in [5.74, 6) is 0. The average Bonchev–Trinajstić information content (AvgIpc) is 3.21. The first kappa shape index (κ1) is 12.1. The van der Waals surface area contributed by atoms with Crippen LogP contribution in [0.3, 0.4) is 0 Å². The van der Waals surface area contributed by atoms with E-state index in [9.17, 15) is 0 Å². The van der Waals surface area contributed by atoms with Crippen LogP contribution in [0.15, 0.2) is 48.7 Å². The quantitative estimate of drug-likeness (QED) is 0.774. The van der Waals surface area contributed by atoms with Crippen molar-refractivity contribution < 1.29 is 0 Å². The number of aromatic nitrogens is 1. The van der Waals surface area contributed by atoms with Crippen LogP contribution in [-0.4, -0.2) is 11.0 Å². The SMILES string of the molecule is c1ccc2c(-c3cnc(CNC4CC4)s3)cccc2c1. The molecule has 0 bridgehead atoms. The van der Waals surface area contributed by atoms with Crippen molar-refractivity contribution in [3.8, 4) is 10.4 Å². The van der Waals surface area contributed by atoms with E-state index in [2.05, 4.69) is 52.8 Å². The highest BCUT2D eigenvalue weighted by Gasteiger charge is 2.20. The Bertz CT molecular complexity index is 738. The lowest BCUT2D eigenvalue weighted by Crippen LogP contribution is -2.14. The summed E-state index contributed by atoms with van der Waals surface area (Å²) in [5.41, 5.74) is 1.29. The zero-order valence-electron chi connectivity index (χ0n) is 11.2. The molecule has 2 aromatic carbocycles. The predicted octanol–water partition coefficient (Wildman–Crippen LogP) is 4.22. The maximum Gasteiger partial charge on any atom is 0.107 e. The van der Waals surface area contributed by atoms with Gasteiger partial charge in [0.15, 0.2) is 0 Å². The van der Waals surface area contributed by atoms with E-state index in [0.29, 0.717) is 0 Å². The van der Waals surface area contributed by atoms with Gasteiger partial charge in [0.2, 0.25) is 0 Å².